The molecule has 1 aromatic rings. The first kappa shape index (κ1) is 26.3. The van der Waals surface area contributed by atoms with Gasteiger partial charge in [0.15, 0.2) is 0 Å². The van der Waals surface area contributed by atoms with Crippen molar-refractivity contribution in [2.45, 2.75) is 97.0 Å². The van der Waals surface area contributed by atoms with E-state index in [1.54, 1.807) is 13.2 Å². The van der Waals surface area contributed by atoms with E-state index in [1.807, 2.05) is 12.1 Å². The van der Waals surface area contributed by atoms with E-state index in [9.17, 15) is 5.11 Å². The van der Waals surface area contributed by atoms with Gasteiger partial charge in [0.1, 0.15) is 5.75 Å². The van der Waals surface area contributed by atoms with Crippen molar-refractivity contribution >= 4 is 11.6 Å². The highest BCUT2D eigenvalue weighted by atomic mass is 35.5. The molecule has 0 saturated heterocycles. The highest BCUT2D eigenvalue weighted by Crippen LogP contribution is 2.29. The van der Waals surface area contributed by atoms with Crippen molar-refractivity contribution in [2.24, 2.45) is 0 Å². The maximum atomic E-state index is 10.9. The van der Waals surface area contributed by atoms with Crippen molar-refractivity contribution < 1.29 is 9.84 Å². The van der Waals surface area contributed by atoms with Gasteiger partial charge in [0.2, 0.25) is 0 Å². The Morgan fingerprint density at radius 1 is 0.862 bits per heavy atom. The second kappa shape index (κ2) is 17.0. The summed E-state index contributed by atoms with van der Waals surface area (Å²) in [5, 5.41) is 11.5. The molecule has 168 valence electrons. The topological polar surface area (TPSA) is 32.7 Å². The zero-order valence-electron chi connectivity index (χ0n) is 19.1. The predicted molar refractivity (Wildman–Crippen MR) is 126 cm³/mol. The van der Waals surface area contributed by atoms with E-state index >= 15 is 0 Å². The van der Waals surface area contributed by atoms with Gasteiger partial charge in [-0.15, -0.1) is 0 Å². The van der Waals surface area contributed by atoms with Crippen LogP contribution >= 0.6 is 11.6 Å². The first-order chi connectivity index (χ1) is 14.1. The third-order valence-electron chi connectivity index (χ3n) is 5.64. The van der Waals surface area contributed by atoms with Crippen molar-refractivity contribution in [1.82, 2.24) is 4.90 Å². The van der Waals surface area contributed by atoms with E-state index in [0.29, 0.717) is 17.3 Å². The molecule has 0 unspecified atom stereocenters. The van der Waals surface area contributed by atoms with Gasteiger partial charge in [-0.25, -0.2) is 0 Å². The number of methoxy groups -OCH3 is 1. The molecule has 0 fully saturated rings. The molecular formula is C25H44ClNO2. The van der Waals surface area contributed by atoms with E-state index in [4.69, 9.17) is 16.3 Å². The molecule has 1 atom stereocenters. The van der Waals surface area contributed by atoms with Crippen molar-refractivity contribution in [3.05, 3.63) is 28.8 Å². The van der Waals surface area contributed by atoms with Crippen LogP contribution in [-0.4, -0.2) is 36.8 Å². The van der Waals surface area contributed by atoms with Crippen molar-refractivity contribution in [3.63, 3.8) is 0 Å². The highest BCUT2D eigenvalue weighted by molar-refractivity contribution is 6.30. The summed E-state index contributed by atoms with van der Waals surface area (Å²) in [7, 11) is 1.64. The second-order valence-electron chi connectivity index (χ2n) is 8.24. The molecule has 0 saturated carbocycles. The van der Waals surface area contributed by atoms with Gasteiger partial charge in [-0.05, 0) is 44.1 Å². The largest absolute Gasteiger partial charge is 0.496 e. The maximum Gasteiger partial charge on any atom is 0.124 e. The normalized spacial score (nSPS) is 12.5. The lowest BCUT2D eigenvalue weighted by molar-refractivity contribution is 0.108. The lowest BCUT2D eigenvalue weighted by Crippen LogP contribution is -2.31. The molecule has 0 aromatic heterocycles. The van der Waals surface area contributed by atoms with E-state index in [1.165, 1.54) is 77.0 Å². The minimum absolute atomic E-state index is 0.580. The zero-order valence-corrected chi connectivity index (χ0v) is 19.9. The van der Waals surface area contributed by atoms with Crippen LogP contribution in [0.2, 0.25) is 5.02 Å². The van der Waals surface area contributed by atoms with Crippen LogP contribution in [0, 0.1) is 0 Å². The smallest absolute Gasteiger partial charge is 0.124 e. The number of hydrogen-bond acceptors (Lipinski definition) is 3. The molecule has 0 aliphatic rings. The van der Waals surface area contributed by atoms with Crippen LogP contribution < -0.4 is 4.74 Å². The number of aliphatic hydroxyl groups is 1. The Bertz CT molecular complexity index is 508. The first-order valence-corrected chi connectivity index (χ1v) is 12.2. The number of unbranched alkanes of at least 4 members (excludes halogenated alkanes) is 10. The third kappa shape index (κ3) is 11.9. The maximum absolute atomic E-state index is 10.9. The summed E-state index contributed by atoms with van der Waals surface area (Å²) < 4.78 is 5.44. The zero-order chi connectivity index (χ0) is 21.3. The fourth-order valence-electron chi connectivity index (χ4n) is 3.83. The van der Waals surface area contributed by atoms with E-state index in [2.05, 4.69) is 18.7 Å². The van der Waals surface area contributed by atoms with Crippen molar-refractivity contribution in [3.8, 4) is 5.75 Å². The van der Waals surface area contributed by atoms with Crippen molar-refractivity contribution in [2.75, 3.05) is 26.7 Å². The van der Waals surface area contributed by atoms with Crippen LogP contribution in [0.25, 0.3) is 0 Å². The Morgan fingerprint density at radius 2 is 1.38 bits per heavy atom. The van der Waals surface area contributed by atoms with E-state index in [-0.39, 0.29) is 0 Å². The molecule has 1 rings (SSSR count). The Hall–Kier alpha value is -0.770. The average Bonchev–Trinajstić information content (AvgIpc) is 2.72. The molecule has 0 spiro atoms. The van der Waals surface area contributed by atoms with Gasteiger partial charge in [-0.3, -0.25) is 0 Å². The first-order valence-electron chi connectivity index (χ1n) is 11.9. The monoisotopic (exact) mass is 425 g/mol. The fraction of sp³-hybridized carbons (Fsp3) is 0.760. The molecule has 29 heavy (non-hydrogen) atoms. The number of hydrogen-bond donors (Lipinski definition) is 1. The number of aliphatic hydroxyl groups excluding tert-OH is 1. The van der Waals surface area contributed by atoms with Crippen LogP contribution in [-0.2, 0) is 0 Å². The summed E-state index contributed by atoms with van der Waals surface area (Å²) >= 11 is 6.16. The number of benzene rings is 1. The molecular weight excluding hydrogens is 382 g/mol. The molecule has 1 aromatic carbocycles. The number of halogens is 1. The lowest BCUT2D eigenvalue weighted by atomic mass is 10.1. The summed E-state index contributed by atoms with van der Waals surface area (Å²) in [5.74, 6) is 0.709. The Kier molecular flexibility index (Phi) is 15.4. The van der Waals surface area contributed by atoms with Gasteiger partial charge in [0.05, 0.1) is 13.2 Å². The quantitative estimate of drug-likeness (QED) is 0.248. The van der Waals surface area contributed by atoms with Gasteiger partial charge in [-0.1, -0.05) is 89.7 Å². The Balaban J connectivity index is 2.55. The SMILES string of the molecule is CCCCCCCCN(CCCCCCCC)C[C@@H](O)c1cc(Cl)ccc1OC. The summed E-state index contributed by atoms with van der Waals surface area (Å²) in [6, 6.07) is 5.48. The Morgan fingerprint density at radius 3 is 1.90 bits per heavy atom. The summed E-state index contributed by atoms with van der Waals surface area (Å²) in [5.41, 5.74) is 0.788. The number of ether oxygens (including phenoxy) is 1. The van der Waals surface area contributed by atoms with Crippen LogP contribution in [0.15, 0.2) is 18.2 Å². The van der Waals surface area contributed by atoms with Gasteiger partial charge in [0, 0.05) is 17.1 Å². The minimum Gasteiger partial charge on any atom is -0.496 e. The molecule has 3 nitrogen and oxygen atoms in total. The molecule has 4 heteroatoms. The minimum atomic E-state index is -0.580. The molecule has 0 bridgehead atoms. The molecule has 1 N–H and O–H groups in total. The Labute approximate surface area is 184 Å². The summed E-state index contributed by atoms with van der Waals surface area (Å²) in [4.78, 5) is 2.44. The summed E-state index contributed by atoms with van der Waals surface area (Å²) in [6.07, 6.45) is 15.0. The van der Waals surface area contributed by atoms with Crippen molar-refractivity contribution in [1.29, 1.82) is 0 Å². The third-order valence-corrected chi connectivity index (χ3v) is 5.87. The number of nitrogens with zero attached hydrogens (tertiary/aromatic N) is 1. The average molecular weight is 426 g/mol. The van der Waals surface area contributed by atoms with E-state index in [0.717, 1.165) is 18.7 Å². The predicted octanol–water partition coefficient (Wildman–Crippen LogP) is 7.41. The second-order valence-corrected chi connectivity index (χ2v) is 8.67. The van der Waals surface area contributed by atoms with E-state index < -0.39 is 6.10 Å². The molecule has 0 radical (unpaired) electrons. The van der Waals surface area contributed by atoms with Crippen LogP contribution in [0.3, 0.4) is 0 Å². The lowest BCUT2D eigenvalue weighted by Gasteiger charge is -2.26. The van der Waals surface area contributed by atoms with Crippen LogP contribution in [0.4, 0.5) is 0 Å². The highest BCUT2D eigenvalue weighted by Gasteiger charge is 2.17. The molecule has 0 aliphatic heterocycles. The van der Waals surface area contributed by atoms with Gasteiger partial charge >= 0.3 is 0 Å². The fourth-order valence-corrected chi connectivity index (χ4v) is 4.01. The van der Waals surface area contributed by atoms with Gasteiger partial charge in [0.25, 0.3) is 0 Å². The van der Waals surface area contributed by atoms with Gasteiger partial charge in [-0.2, -0.15) is 0 Å². The molecule has 0 aliphatic carbocycles. The number of rotatable bonds is 18. The molecule has 0 amide bonds. The summed E-state index contributed by atoms with van der Waals surface area (Å²) in [6.45, 7) is 7.27. The van der Waals surface area contributed by atoms with Gasteiger partial charge < -0.3 is 14.7 Å². The standard InChI is InChI=1S/C25H44ClNO2/c1-4-6-8-10-12-14-18-27(19-15-13-11-9-7-5-2)21-24(28)23-20-22(26)16-17-25(23)29-3/h16-17,20,24,28H,4-15,18-19,21H2,1-3H3/t24-/m1/s1. The van der Waals surface area contributed by atoms with Crippen LogP contribution in [0.5, 0.6) is 5.75 Å². The van der Waals surface area contributed by atoms with Crippen LogP contribution in [0.1, 0.15) is 103 Å². The molecule has 0 heterocycles.